The standard InChI is InChI=1S/C17H17N3O6S/c21-14(22)2-1-5-20-15(23)12-6-11(3-4-13(12)18-16(20)24)27(25,26)19-17-7-10(8-17)9-17/h1-4,6,10,19H,5,7-9H2,(H,18,24)(H,21,22)/b2-1+. The van der Waals surface area contributed by atoms with E-state index in [1.807, 2.05) is 0 Å². The fourth-order valence-corrected chi connectivity index (χ4v) is 5.23. The maximum atomic E-state index is 12.7. The van der Waals surface area contributed by atoms with Gasteiger partial charge in [0.1, 0.15) is 0 Å². The molecule has 2 bridgehead atoms. The van der Waals surface area contributed by atoms with Crippen molar-refractivity contribution in [3.63, 3.8) is 0 Å². The minimum Gasteiger partial charge on any atom is -0.478 e. The number of benzene rings is 1. The summed E-state index contributed by atoms with van der Waals surface area (Å²) in [7, 11) is -3.78. The van der Waals surface area contributed by atoms with Crippen LogP contribution in [-0.2, 0) is 21.4 Å². The average Bonchev–Trinajstić information content (AvgIpc) is 2.52. The second-order valence-electron chi connectivity index (χ2n) is 7.16. The van der Waals surface area contributed by atoms with Gasteiger partial charge in [0.25, 0.3) is 5.56 Å². The molecule has 10 heteroatoms. The number of sulfonamides is 1. The maximum Gasteiger partial charge on any atom is 0.329 e. The van der Waals surface area contributed by atoms with E-state index in [2.05, 4.69) is 9.71 Å². The van der Waals surface area contributed by atoms with E-state index in [0.29, 0.717) is 5.92 Å². The molecule has 0 aliphatic heterocycles. The van der Waals surface area contributed by atoms with Crippen LogP contribution >= 0.6 is 0 Å². The Bertz CT molecular complexity index is 1190. The molecule has 0 atom stereocenters. The Morgan fingerprint density at radius 2 is 2.04 bits per heavy atom. The van der Waals surface area contributed by atoms with Gasteiger partial charge in [0, 0.05) is 18.2 Å². The number of nitrogens with zero attached hydrogens (tertiary/aromatic N) is 1. The van der Waals surface area contributed by atoms with Crippen molar-refractivity contribution in [3.8, 4) is 0 Å². The van der Waals surface area contributed by atoms with E-state index in [1.165, 1.54) is 18.2 Å². The van der Waals surface area contributed by atoms with Crippen molar-refractivity contribution < 1.29 is 18.3 Å². The van der Waals surface area contributed by atoms with Gasteiger partial charge < -0.3 is 10.1 Å². The SMILES string of the molecule is O=C(O)/C=C/Cn1c(=O)[nH]c2ccc(S(=O)(=O)NC34CC(C3)C4)cc2c1=O. The molecule has 3 saturated carbocycles. The molecule has 1 aromatic carbocycles. The summed E-state index contributed by atoms with van der Waals surface area (Å²) in [5.74, 6) is -0.589. The van der Waals surface area contributed by atoms with Crippen LogP contribution in [0.25, 0.3) is 10.9 Å². The largest absolute Gasteiger partial charge is 0.478 e. The maximum absolute atomic E-state index is 12.7. The molecule has 27 heavy (non-hydrogen) atoms. The second-order valence-corrected chi connectivity index (χ2v) is 8.84. The predicted octanol–water partition coefficient (Wildman–Crippen LogP) is 0.161. The number of nitrogens with one attached hydrogen (secondary N) is 2. The zero-order valence-electron chi connectivity index (χ0n) is 14.1. The van der Waals surface area contributed by atoms with Gasteiger partial charge in [0.15, 0.2) is 0 Å². The number of carboxylic acids is 1. The number of hydrogen-bond donors (Lipinski definition) is 3. The van der Waals surface area contributed by atoms with Crippen molar-refractivity contribution in [1.29, 1.82) is 0 Å². The smallest absolute Gasteiger partial charge is 0.329 e. The van der Waals surface area contributed by atoms with E-state index in [4.69, 9.17) is 5.11 Å². The van der Waals surface area contributed by atoms with Crippen LogP contribution in [0.5, 0.6) is 0 Å². The normalized spacial score (nSPS) is 23.9. The number of carbonyl (C=O) groups is 1. The molecule has 3 fully saturated rings. The molecule has 9 nitrogen and oxygen atoms in total. The summed E-state index contributed by atoms with van der Waals surface area (Å²) in [5.41, 5.74) is -1.52. The predicted molar refractivity (Wildman–Crippen MR) is 96.0 cm³/mol. The summed E-state index contributed by atoms with van der Waals surface area (Å²) < 4.78 is 28.8. The number of aliphatic carboxylic acids is 1. The van der Waals surface area contributed by atoms with Gasteiger partial charge in [-0.1, -0.05) is 6.08 Å². The number of aromatic amines is 1. The highest BCUT2D eigenvalue weighted by Crippen LogP contribution is 2.57. The van der Waals surface area contributed by atoms with E-state index in [9.17, 15) is 22.8 Å². The van der Waals surface area contributed by atoms with Crippen LogP contribution in [0.1, 0.15) is 19.3 Å². The Kier molecular flexibility index (Phi) is 3.86. The van der Waals surface area contributed by atoms with E-state index < -0.39 is 27.2 Å². The van der Waals surface area contributed by atoms with E-state index in [0.717, 1.165) is 36.0 Å². The first kappa shape index (κ1) is 17.7. The molecule has 0 saturated heterocycles. The average molecular weight is 391 g/mol. The zero-order valence-corrected chi connectivity index (χ0v) is 15.0. The molecule has 2 aromatic rings. The molecule has 3 aliphatic carbocycles. The number of fused-ring (bicyclic) bond motifs is 1. The lowest BCUT2D eigenvalue weighted by molar-refractivity contribution is -0.131. The summed E-state index contributed by atoms with van der Waals surface area (Å²) in [5, 5.41) is 8.66. The lowest BCUT2D eigenvalue weighted by Gasteiger charge is -2.61. The molecule has 3 aliphatic rings. The van der Waals surface area contributed by atoms with E-state index in [1.54, 1.807) is 0 Å². The third-order valence-electron chi connectivity index (χ3n) is 5.20. The fraction of sp³-hybridized carbons (Fsp3) is 0.353. The molecule has 1 heterocycles. The summed E-state index contributed by atoms with van der Waals surface area (Å²) >= 11 is 0. The van der Waals surface area contributed by atoms with Gasteiger partial charge in [0.2, 0.25) is 10.0 Å². The van der Waals surface area contributed by atoms with Crippen LogP contribution in [-0.4, -0.2) is 34.6 Å². The van der Waals surface area contributed by atoms with Crippen molar-refractivity contribution in [2.75, 3.05) is 0 Å². The van der Waals surface area contributed by atoms with E-state index >= 15 is 0 Å². The number of aromatic nitrogens is 2. The van der Waals surface area contributed by atoms with Crippen LogP contribution in [0.4, 0.5) is 0 Å². The first-order valence-electron chi connectivity index (χ1n) is 8.39. The van der Waals surface area contributed by atoms with Crippen molar-refractivity contribution in [2.45, 2.75) is 36.2 Å². The molecular formula is C17H17N3O6S. The Morgan fingerprint density at radius 3 is 2.63 bits per heavy atom. The van der Waals surface area contributed by atoms with Crippen LogP contribution in [0.15, 0.2) is 44.8 Å². The molecule has 1 aromatic heterocycles. The van der Waals surface area contributed by atoms with Gasteiger partial charge in [-0.15, -0.1) is 0 Å². The third-order valence-corrected chi connectivity index (χ3v) is 6.78. The minimum absolute atomic E-state index is 0.0406. The van der Waals surface area contributed by atoms with Crippen molar-refractivity contribution in [1.82, 2.24) is 14.3 Å². The molecule has 142 valence electrons. The monoisotopic (exact) mass is 391 g/mol. The molecule has 0 unspecified atom stereocenters. The summed E-state index contributed by atoms with van der Waals surface area (Å²) in [4.78, 5) is 37.7. The van der Waals surface area contributed by atoms with Crippen LogP contribution in [0, 0.1) is 5.92 Å². The Labute approximate surface area is 153 Å². The molecular weight excluding hydrogens is 374 g/mol. The van der Waals surface area contributed by atoms with Gasteiger partial charge in [-0.25, -0.2) is 22.7 Å². The molecule has 5 rings (SSSR count). The summed E-state index contributed by atoms with van der Waals surface area (Å²) in [6.07, 6.45) is 4.52. The van der Waals surface area contributed by atoms with Gasteiger partial charge >= 0.3 is 11.7 Å². The Hall–Kier alpha value is -2.72. The first-order valence-corrected chi connectivity index (χ1v) is 9.88. The number of rotatable bonds is 6. The molecule has 0 spiro atoms. The fourth-order valence-electron chi connectivity index (χ4n) is 3.77. The van der Waals surface area contributed by atoms with Gasteiger partial charge in [-0.2, -0.15) is 0 Å². The van der Waals surface area contributed by atoms with Crippen LogP contribution in [0.3, 0.4) is 0 Å². The quantitative estimate of drug-likeness (QED) is 0.600. The summed E-state index contributed by atoms with van der Waals surface area (Å²) in [6.45, 7) is -0.240. The zero-order chi connectivity index (χ0) is 19.4. The number of hydrogen-bond acceptors (Lipinski definition) is 5. The topological polar surface area (TPSA) is 138 Å². The van der Waals surface area contributed by atoms with Crippen LogP contribution in [0.2, 0.25) is 0 Å². The summed E-state index contributed by atoms with van der Waals surface area (Å²) in [6, 6.07) is 3.96. The van der Waals surface area contributed by atoms with Gasteiger partial charge in [0.05, 0.1) is 15.8 Å². The van der Waals surface area contributed by atoms with Crippen molar-refractivity contribution in [2.24, 2.45) is 5.92 Å². The number of H-pyrrole nitrogens is 1. The van der Waals surface area contributed by atoms with Crippen molar-refractivity contribution in [3.05, 3.63) is 51.2 Å². The highest BCUT2D eigenvalue weighted by atomic mass is 32.2. The van der Waals surface area contributed by atoms with E-state index in [-0.39, 0.29) is 27.9 Å². The highest BCUT2D eigenvalue weighted by Gasteiger charge is 2.58. The molecule has 3 N–H and O–H groups in total. The highest BCUT2D eigenvalue weighted by molar-refractivity contribution is 7.89. The first-order chi connectivity index (χ1) is 12.7. The van der Waals surface area contributed by atoms with Crippen LogP contribution < -0.4 is 16.0 Å². The third kappa shape index (κ3) is 3.00. The molecule has 0 radical (unpaired) electrons. The lowest BCUT2D eigenvalue weighted by Crippen LogP contribution is -2.67. The van der Waals surface area contributed by atoms with Crippen molar-refractivity contribution >= 4 is 26.9 Å². The Balaban J connectivity index is 1.73. The van der Waals surface area contributed by atoms with Gasteiger partial charge in [-0.3, -0.25) is 9.36 Å². The second kappa shape index (κ2) is 5.89. The molecule has 0 amide bonds. The number of carboxylic acid groups (broad SMARTS) is 1. The lowest BCUT2D eigenvalue weighted by atomic mass is 9.50. The van der Waals surface area contributed by atoms with Gasteiger partial charge in [-0.05, 0) is 43.4 Å². The Morgan fingerprint density at radius 1 is 1.33 bits per heavy atom. The number of allylic oxidation sites excluding steroid dienone is 1. The minimum atomic E-state index is -3.78.